The van der Waals surface area contributed by atoms with E-state index in [1.54, 1.807) is 19.1 Å². The Bertz CT molecular complexity index is 572. The monoisotopic (exact) mass is 278 g/mol. The minimum absolute atomic E-state index is 0.0774. The van der Waals surface area contributed by atoms with E-state index >= 15 is 0 Å². The van der Waals surface area contributed by atoms with Crippen LogP contribution in [-0.2, 0) is 16.0 Å². The number of carbonyl (C=O) groups excluding carboxylic acids is 2. The van der Waals surface area contributed by atoms with E-state index in [-0.39, 0.29) is 30.0 Å². The number of aryl methyl sites for hydroxylation is 1. The lowest BCUT2D eigenvalue weighted by Gasteiger charge is -2.04. The van der Waals surface area contributed by atoms with Gasteiger partial charge in [0, 0.05) is 6.42 Å². The fourth-order valence-electron chi connectivity index (χ4n) is 1.69. The molecule has 1 aromatic rings. The van der Waals surface area contributed by atoms with Crippen molar-refractivity contribution in [3.05, 3.63) is 59.2 Å². The highest BCUT2D eigenvalue weighted by molar-refractivity contribution is 6.19. The lowest BCUT2D eigenvalue weighted by Crippen LogP contribution is -2.11. The maximum absolute atomic E-state index is 13.0. The predicted molar refractivity (Wildman–Crippen MR) is 73.3 cm³/mol. The van der Waals surface area contributed by atoms with Crippen LogP contribution in [0.2, 0.25) is 0 Å². The Balaban J connectivity index is 2.74. The van der Waals surface area contributed by atoms with Crippen molar-refractivity contribution in [1.82, 2.24) is 0 Å². The van der Waals surface area contributed by atoms with Gasteiger partial charge >= 0.3 is 0 Å². The molecule has 106 valence electrons. The van der Waals surface area contributed by atoms with Gasteiger partial charge in [-0.05, 0) is 44.0 Å². The van der Waals surface area contributed by atoms with Crippen molar-refractivity contribution in [1.29, 1.82) is 0 Å². The highest BCUT2D eigenvalue weighted by Gasteiger charge is 2.13. The molecule has 0 heterocycles. The van der Waals surface area contributed by atoms with Crippen LogP contribution >= 0.6 is 0 Å². The molecule has 0 amide bonds. The molecular formula is C16H16F2O2. The van der Waals surface area contributed by atoms with Gasteiger partial charge in [-0.2, -0.15) is 0 Å². The van der Waals surface area contributed by atoms with E-state index in [0.717, 1.165) is 12.1 Å². The van der Waals surface area contributed by atoms with E-state index in [1.807, 2.05) is 0 Å². The number of hydrogen-bond donors (Lipinski definition) is 0. The molecule has 1 aromatic carbocycles. The maximum Gasteiger partial charge on any atom is 0.166 e. The van der Waals surface area contributed by atoms with Gasteiger partial charge in [0.15, 0.2) is 23.2 Å². The smallest absolute Gasteiger partial charge is 0.166 e. The summed E-state index contributed by atoms with van der Waals surface area (Å²) < 4.78 is 25.8. The molecule has 1 rings (SSSR count). The molecule has 0 aliphatic carbocycles. The Labute approximate surface area is 116 Å². The van der Waals surface area contributed by atoms with Crippen molar-refractivity contribution in [3.8, 4) is 0 Å². The third kappa shape index (κ3) is 4.53. The van der Waals surface area contributed by atoms with Crippen molar-refractivity contribution in [3.63, 3.8) is 0 Å². The van der Waals surface area contributed by atoms with Crippen molar-refractivity contribution < 1.29 is 18.4 Å². The first-order chi connectivity index (χ1) is 9.45. The summed E-state index contributed by atoms with van der Waals surface area (Å²) in [6.45, 7) is 3.10. The molecule has 0 aromatic heterocycles. The topological polar surface area (TPSA) is 34.1 Å². The fourth-order valence-corrected chi connectivity index (χ4v) is 1.69. The predicted octanol–water partition coefficient (Wildman–Crippen LogP) is 3.56. The van der Waals surface area contributed by atoms with Crippen LogP contribution in [0.15, 0.2) is 42.0 Å². The summed E-state index contributed by atoms with van der Waals surface area (Å²) in [6.07, 6.45) is 5.14. The van der Waals surface area contributed by atoms with E-state index in [9.17, 15) is 18.4 Å². The highest BCUT2D eigenvalue weighted by atomic mass is 19.2. The minimum atomic E-state index is -0.939. The maximum atomic E-state index is 13.0. The number of benzene rings is 1. The summed E-state index contributed by atoms with van der Waals surface area (Å²) in [6, 6.07) is 3.51. The van der Waals surface area contributed by atoms with Gasteiger partial charge in [0.1, 0.15) is 0 Å². The minimum Gasteiger partial charge on any atom is -0.294 e. The van der Waals surface area contributed by atoms with Gasteiger partial charge in [0.05, 0.1) is 5.57 Å². The highest BCUT2D eigenvalue weighted by Crippen LogP contribution is 2.12. The van der Waals surface area contributed by atoms with E-state index in [1.165, 1.54) is 19.1 Å². The van der Waals surface area contributed by atoms with Crippen molar-refractivity contribution in [2.75, 3.05) is 0 Å². The first-order valence-electron chi connectivity index (χ1n) is 6.26. The Morgan fingerprint density at radius 2 is 1.90 bits per heavy atom. The van der Waals surface area contributed by atoms with E-state index in [4.69, 9.17) is 0 Å². The van der Waals surface area contributed by atoms with E-state index < -0.39 is 11.6 Å². The summed E-state index contributed by atoms with van der Waals surface area (Å²) in [5.41, 5.74) is 0.636. The normalized spacial score (nSPS) is 11.9. The Hall–Kier alpha value is -2.10. The molecule has 20 heavy (non-hydrogen) atoms. The molecule has 0 atom stereocenters. The Morgan fingerprint density at radius 3 is 2.45 bits per heavy atom. The van der Waals surface area contributed by atoms with Gasteiger partial charge in [0.25, 0.3) is 0 Å². The SMILES string of the molecule is C/C=C\C=C(\C(C)=O)C(=O)CCc1ccc(F)c(F)c1. The summed E-state index contributed by atoms with van der Waals surface area (Å²) in [4.78, 5) is 23.3. The number of halogens is 2. The van der Waals surface area contributed by atoms with E-state index in [0.29, 0.717) is 5.56 Å². The second-order valence-electron chi connectivity index (χ2n) is 4.33. The van der Waals surface area contributed by atoms with Crippen LogP contribution < -0.4 is 0 Å². The molecule has 0 fully saturated rings. The van der Waals surface area contributed by atoms with Crippen LogP contribution in [0.4, 0.5) is 8.78 Å². The van der Waals surface area contributed by atoms with Crippen LogP contribution in [0.25, 0.3) is 0 Å². The first kappa shape index (κ1) is 16.0. The van der Waals surface area contributed by atoms with Crippen LogP contribution in [0.1, 0.15) is 25.8 Å². The number of hydrogen-bond acceptors (Lipinski definition) is 2. The zero-order valence-electron chi connectivity index (χ0n) is 11.5. The summed E-state index contributed by atoms with van der Waals surface area (Å²) >= 11 is 0. The van der Waals surface area contributed by atoms with Crippen LogP contribution in [0.3, 0.4) is 0 Å². The number of Topliss-reactive ketones (excluding diaryl/α,β-unsaturated/α-hetero) is 2. The quantitative estimate of drug-likeness (QED) is 0.345. The van der Waals surface area contributed by atoms with Crippen LogP contribution in [0.5, 0.6) is 0 Å². The van der Waals surface area contributed by atoms with Gasteiger partial charge in [-0.1, -0.05) is 18.2 Å². The third-order valence-electron chi connectivity index (χ3n) is 2.76. The number of ketones is 2. The lowest BCUT2D eigenvalue weighted by molar-refractivity contribution is -0.120. The summed E-state index contributed by atoms with van der Waals surface area (Å²) in [5, 5.41) is 0. The third-order valence-corrected chi connectivity index (χ3v) is 2.76. The molecule has 0 aliphatic rings. The molecule has 2 nitrogen and oxygen atoms in total. The lowest BCUT2D eigenvalue weighted by atomic mass is 10.00. The van der Waals surface area contributed by atoms with Crippen LogP contribution in [0, 0.1) is 11.6 Å². The second-order valence-corrected chi connectivity index (χ2v) is 4.33. The Kier molecular flexibility index (Phi) is 5.97. The van der Waals surface area contributed by atoms with Crippen LogP contribution in [-0.4, -0.2) is 11.6 Å². The van der Waals surface area contributed by atoms with Gasteiger partial charge in [0.2, 0.25) is 0 Å². The zero-order valence-corrected chi connectivity index (χ0v) is 11.5. The zero-order chi connectivity index (χ0) is 15.1. The summed E-state index contributed by atoms with van der Waals surface area (Å²) in [5.74, 6) is -2.47. The average Bonchev–Trinajstić information content (AvgIpc) is 2.40. The number of allylic oxidation sites excluding steroid dienone is 4. The molecular weight excluding hydrogens is 262 g/mol. The largest absolute Gasteiger partial charge is 0.294 e. The van der Waals surface area contributed by atoms with E-state index in [2.05, 4.69) is 0 Å². The van der Waals surface area contributed by atoms with Crippen molar-refractivity contribution in [2.24, 2.45) is 0 Å². The number of carbonyl (C=O) groups is 2. The molecule has 0 aliphatic heterocycles. The van der Waals surface area contributed by atoms with Crippen molar-refractivity contribution in [2.45, 2.75) is 26.7 Å². The van der Waals surface area contributed by atoms with Gasteiger partial charge in [-0.25, -0.2) is 8.78 Å². The Morgan fingerprint density at radius 1 is 1.20 bits per heavy atom. The first-order valence-corrected chi connectivity index (χ1v) is 6.26. The molecule has 0 spiro atoms. The molecule has 0 radical (unpaired) electrons. The summed E-state index contributed by atoms with van der Waals surface area (Å²) in [7, 11) is 0. The second kappa shape index (κ2) is 7.48. The molecule has 0 N–H and O–H groups in total. The average molecular weight is 278 g/mol. The molecule has 0 saturated heterocycles. The van der Waals surface area contributed by atoms with Gasteiger partial charge in [-0.3, -0.25) is 9.59 Å². The fraction of sp³-hybridized carbons (Fsp3) is 0.250. The van der Waals surface area contributed by atoms with Crippen molar-refractivity contribution >= 4 is 11.6 Å². The molecule has 0 saturated carbocycles. The number of rotatable bonds is 6. The van der Waals surface area contributed by atoms with Gasteiger partial charge in [-0.15, -0.1) is 0 Å². The molecule has 0 unspecified atom stereocenters. The molecule has 0 bridgehead atoms. The standard InChI is InChI=1S/C16H16F2O2/c1-3-4-5-13(11(2)19)16(20)9-7-12-6-8-14(17)15(18)10-12/h3-6,8,10H,7,9H2,1-2H3/b4-3-,13-5-. The van der Waals surface area contributed by atoms with Gasteiger partial charge < -0.3 is 0 Å². The molecule has 4 heteroatoms.